The standard InChI is InChI=1S/C23H38BrN5O3/c1-13(23(31)28-15-5-8-17(30)9-15)29(2)16-6-3-14(4-7-16)27-22-21(24)19-10-18(11-25)32-20(19)12-26-22/h13-22,26-27,30H,3-10,12H2,1-2H3,(H,28,31)/t13-,14?,15+,16?,17-,18?,19?,20?,21?,22?/m0/s1. The Hall–Kier alpha value is -0.760. The van der Waals surface area contributed by atoms with Gasteiger partial charge < -0.3 is 15.2 Å². The second-order valence-corrected chi connectivity index (χ2v) is 11.3. The van der Waals surface area contributed by atoms with Crippen molar-refractivity contribution < 1.29 is 14.6 Å². The van der Waals surface area contributed by atoms with Crippen LogP contribution in [-0.2, 0) is 9.53 Å². The van der Waals surface area contributed by atoms with Crippen LogP contribution in [0.4, 0.5) is 0 Å². The summed E-state index contributed by atoms with van der Waals surface area (Å²) in [7, 11) is 2.06. The van der Waals surface area contributed by atoms with E-state index in [2.05, 4.69) is 49.9 Å². The minimum Gasteiger partial charge on any atom is -0.393 e. The Bertz CT molecular complexity index is 698. The number of carbonyl (C=O) groups is 1. The lowest BCUT2D eigenvalue weighted by atomic mass is 9.87. The molecule has 5 unspecified atom stereocenters. The summed E-state index contributed by atoms with van der Waals surface area (Å²) in [4.78, 5) is 15.2. The molecule has 32 heavy (non-hydrogen) atoms. The van der Waals surface area contributed by atoms with Gasteiger partial charge in [-0.25, -0.2) is 0 Å². The van der Waals surface area contributed by atoms with E-state index in [0.29, 0.717) is 24.4 Å². The minimum absolute atomic E-state index is 0.0735. The fraction of sp³-hybridized carbons (Fsp3) is 0.913. The van der Waals surface area contributed by atoms with Crippen molar-refractivity contribution in [3.05, 3.63) is 0 Å². The quantitative estimate of drug-likeness (QED) is 0.397. The second kappa shape index (κ2) is 10.7. The highest BCUT2D eigenvalue weighted by Crippen LogP contribution is 2.36. The van der Waals surface area contributed by atoms with Crippen LogP contribution in [0.3, 0.4) is 0 Å². The first-order valence-electron chi connectivity index (χ1n) is 12.2. The molecule has 8 atom stereocenters. The molecule has 2 aliphatic heterocycles. The maximum atomic E-state index is 12.7. The molecule has 0 aromatic rings. The zero-order valence-corrected chi connectivity index (χ0v) is 20.8. The topological polar surface area (TPSA) is 110 Å². The number of aliphatic hydroxyl groups is 1. The highest BCUT2D eigenvalue weighted by atomic mass is 79.9. The van der Waals surface area contributed by atoms with Crippen LogP contribution in [0.25, 0.3) is 0 Å². The van der Waals surface area contributed by atoms with Crippen LogP contribution in [0.1, 0.15) is 58.3 Å². The zero-order chi connectivity index (χ0) is 22.8. The van der Waals surface area contributed by atoms with Gasteiger partial charge in [-0.1, -0.05) is 15.9 Å². The number of halogens is 1. The number of carbonyl (C=O) groups excluding carboxylic acids is 1. The monoisotopic (exact) mass is 511 g/mol. The summed E-state index contributed by atoms with van der Waals surface area (Å²) in [6, 6.07) is 3.06. The fourth-order valence-electron chi connectivity index (χ4n) is 5.95. The first-order valence-corrected chi connectivity index (χ1v) is 13.2. The van der Waals surface area contributed by atoms with Crippen molar-refractivity contribution in [2.75, 3.05) is 13.6 Å². The van der Waals surface area contributed by atoms with Gasteiger partial charge in [0.15, 0.2) is 0 Å². The molecule has 8 nitrogen and oxygen atoms in total. The average Bonchev–Trinajstić information content (AvgIpc) is 3.41. The molecule has 0 bridgehead atoms. The van der Waals surface area contributed by atoms with Gasteiger partial charge in [-0.3, -0.25) is 20.3 Å². The van der Waals surface area contributed by atoms with Crippen molar-refractivity contribution in [2.45, 2.75) is 112 Å². The predicted molar refractivity (Wildman–Crippen MR) is 125 cm³/mol. The molecule has 2 saturated carbocycles. The van der Waals surface area contributed by atoms with E-state index in [1.165, 1.54) is 0 Å². The minimum atomic E-state index is -0.283. The summed E-state index contributed by atoms with van der Waals surface area (Å²) in [5.74, 6) is 0.436. The van der Waals surface area contributed by atoms with Crippen molar-refractivity contribution in [3.63, 3.8) is 0 Å². The number of rotatable bonds is 6. The van der Waals surface area contributed by atoms with Crippen molar-refractivity contribution in [1.29, 1.82) is 5.26 Å². The van der Waals surface area contributed by atoms with E-state index in [0.717, 1.165) is 51.5 Å². The summed E-state index contributed by atoms with van der Waals surface area (Å²) in [6.07, 6.45) is 7.18. The molecule has 0 radical (unpaired) electrons. The third-order valence-electron chi connectivity index (χ3n) is 8.14. The Morgan fingerprint density at radius 2 is 1.94 bits per heavy atom. The third kappa shape index (κ3) is 5.48. The second-order valence-electron chi connectivity index (χ2n) is 10.2. The summed E-state index contributed by atoms with van der Waals surface area (Å²) >= 11 is 3.87. The number of nitrogens with zero attached hydrogens (tertiary/aromatic N) is 2. The third-order valence-corrected chi connectivity index (χ3v) is 9.35. The number of nitriles is 1. The number of piperidine rings is 1. The number of ether oxygens (including phenoxy) is 1. The summed E-state index contributed by atoms with van der Waals surface area (Å²) in [6.45, 7) is 2.77. The predicted octanol–water partition coefficient (Wildman–Crippen LogP) is 1.23. The number of nitrogens with one attached hydrogen (secondary N) is 3. The van der Waals surface area contributed by atoms with Gasteiger partial charge in [0.2, 0.25) is 5.91 Å². The zero-order valence-electron chi connectivity index (χ0n) is 19.2. The van der Waals surface area contributed by atoms with E-state index >= 15 is 0 Å². The lowest BCUT2D eigenvalue weighted by Crippen LogP contribution is -2.61. The summed E-state index contributed by atoms with van der Waals surface area (Å²) < 4.78 is 5.82. The van der Waals surface area contributed by atoms with Crippen LogP contribution >= 0.6 is 15.9 Å². The molecule has 2 heterocycles. The van der Waals surface area contributed by atoms with Crippen LogP contribution in [0.2, 0.25) is 0 Å². The Morgan fingerprint density at radius 1 is 1.22 bits per heavy atom. The molecule has 4 aliphatic rings. The highest BCUT2D eigenvalue weighted by Gasteiger charge is 2.45. The van der Waals surface area contributed by atoms with E-state index in [-0.39, 0.29) is 47.3 Å². The number of likely N-dealkylation sites (N-methyl/N-ethyl adjacent to an activating group) is 1. The lowest BCUT2D eigenvalue weighted by molar-refractivity contribution is -0.127. The van der Waals surface area contributed by atoms with Crippen molar-refractivity contribution in [1.82, 2.24) is 20.9 Å². The van der Waals surface area contributed by atoms with Gasteiger partial charge in [-0.05, 0) is 65.3 Å². The van der Waals surface area contributed by atoms with Gasteiger partial charge >= 0.3 is 0 Å². The number of hydrogen-bond acceptors (Lipinski definition) is 7. The molecular formula is C23H38BrN5O3. The van der Waals surface area contributed by atoms with Gasteiger partial charge in [-0.2, -0.15) is 5.26 Å². The normalized spacial score (nSPS) is 42.9. The largest absolute Gasteiger partial charge is 0.393 e. The maximum absolute atomic E-state index is 12.7. The first-order chi connectivity index (χ1) is 15.4. The van der Waals surface area contributed by atoms with Crippen LogP contribution in [0.5, 0.6) is 0 Å². The van der Waals surface area contributed by atoms with E-state index in [1.54, 1.807) is 0 Å². The maximum Gasteiger partial charge on any atom is 0.237 e. The molecule has 4 rings (SSSR count). The van der Waals surface area contributed by atoms with Gasteiger partial charge in [-0.15, -0.1) is 0 Å². The van der Waals surface area contributed by atoms with Crippen LogP contribution < -0.4 is 16.0 Å². The Balaban J connectivity index is 1.21. The van der Waals surface area contributed by atoms with Crippen molar-refractivity contribution >= 4 is 21.8 Å². The SMILES string of the molecule is C[C@@H](C(=O)N[C@@H]1CC[C@H](O)C1)N(C)C1CCC(NC2NCC3OC(C#N)CC3C2Br)CC1. The molecular weight excluding hydrogens is 474 g/mol. The number of hydrogen-bond donors (Lipinski definition) is 4. The fourth-order valence-corrected chi connectivity index (χ4v) is 6.85. The molecule has 180 valence electrons. The molecule has 0 aromatic heterocycles. The number of aliphatic hydroxyl groups excluding tert-OH is 1. The number of amides is 1. The van der Waals surface area contributed by atoms with E-state index < -0.39 is 0 Å². The molecule has 4 fully saturated rings. The highest BCUT2D eigenvalue weighted by molar-refractivity contribution is 9.09. The van der Waals surface area contributed by atoms with Crippen LogP contribution in [-0.4, -0.2) is 83.0 Å². The molecule has 0 spiro atoms. The Morgan fingerprint density at radius 3 is 2.59 bits per heavy atom. The molecule has 2 saturated heterocycles. The lowest BCUT2D eigenvalue weighted by Gasteiger charge is -2.42. The summed E-state index contributed by atoms with van der Waals surface area (Å²) in [5, 5.41) is 29.4. The van der Waals surface area contributed by atoms with Crippen molar-refractivity contribution in [2.24, 2.45) is 5.92 Å². The molecule has 0 aromatic carbocycles. The van der Waals surface area contributed by atoms with E-state index in [9.17, 15) is 15.2 Å². The smallest absolute Gasteiger partial charge is 0.237 e. The Kier molecular flexibility index (Phi) is 8.12. The van der Waals surface area contributed by atoms with E-state index in [1.807, 2.05) is 6.92 Å². The van der Waals surface area contributed by atoms with Crippen molar-refractivity contribution in [3.8, 4) is 6.07 Å². The van der Waals surface area contributed by atoms with Gasteiger partial charge in [0.05, 0.1) is 30.5 Å². The van der Waals surface area contributed by atoms with Gasteiger partial charge in [0.1, 0.15) is 6.10 Å². The number of alkyl halides is 1. The molecule has 1 amide bonds. The van der Waals surface area contributed by atoms with Gasteiger partial charge in [0, 0.05) is 35.4 Å². The Labute approximate surface area is 199 Å². The molecule has 2 aliphatic carbocycles. The van der Waals surface area contributed by atoms with Crippen LogP contribution in [0.15, 0.2) is 0 Å². The molecule has 9 heteroatoms. The average molecular weight is 512 g/mol. The summed E-state index contributed by atoms with van der Waals surface area (Å²) in [5.41, 5.74) is 0. The van der Waals surface area contributed by atoms with E-state index in [4.69, 9.17) is 4.74 Å². The van der Waals surface area contributed by atoms with Crippen LogP contribution in [0, 0.1) is 17.2 Å². The first kappa shape index (κ1) is 24.4. The molecule has 4 N–H and O–H groups in total. The van der Waals surface area contributed by atoms with Gasteiger partial charge in [0.25, 0.3) is 0 Å². The number of fused-ring (bicyclic) bond motifs is 1.